The Morgan fingerprint density at radius 1 is 1.05 bits per heavy atom. The molecule has 0 radical (unpaired) electrons. The maximum Gasteiger partial charge on any atom is 0.155 e. The number of fused-ring (bicyclic) bond motifs is 5. The molecule has 4 rings (SSSR count). The molecule has 0 saturated heterocycles. The summed E-state index contributed by atoms with van der Waals surface area (Å²) in [5.74, 6) is 1.79. The summed E-state index contributed by atoms with van der Waals surface area (Å²) < 4.78 is 0. The van der Waals surface area contributed by atoms with E-state index in [9.17, 15) is 14.7 Å². The number of carbonyl (C=O) groups excluding carboxylic acids is 2. The van der Waals surface area contributed by atoms with Gasteiger partial charge in [0.25, 0.3) is 0 Å². The summed E-state index contributed by atoms with van der Waals surface area (Å²) in [5.41, 5.74) is 0.0838. The van der Waals surface area contributed by atoms with Crippen molar-refractivity contribution in [1.29, 1.82) is 0 Å². The van der Waals surface area contributed by atoms with Gasteiger partial charge in [-0.05, 0) is 67.9 Å². The van der Waals surface area contributed by atoms with Crippen LogP contribution in [0.2, 0.25) is 0 Å². The second-order valence-electron chi connectivity index (χ2n) is 7.89. The molecule has 0 amide bonds. The van der Waals surface area contributed by atoms with Crippen molar-refractivity contribution < 1.29 is 14.7 Å². The number of aliphatic hydroxyl groups is 1. The topological polar surface area (TPSA) is 54.4 Å². The molecule has 0 aromatic carbocycles. The van der Waals surface area contributed by atoms with Gasteiger partial charge in [0.1, 0.15) is 5.78 Å². The lowest BCUT2D eigenvalue weighted by Crippen LogP contribution is -2.55. The molecule has 5 atom stereocenters. The third kappa shape index (κ3) is 1.70. The number of Topliss-reactive ketones (excluding diaryl/α,β-unsaturated/α-hetero) is 1. The van der Waals surface area contributed by atoms with Crippen molar-refractivity contribution in [2.24, 2.45) is 23.2 Å². The Hall–Kier alpha value is -0.960. The Labute approximate surface area is 125 Å². The van der Waals surface area contributed by atoms with Crippen LogP contribution in [0.3, 0.4) is 0 Å². The number of rotatable bonds is 0. The minimum Gasteiger partial charge on any atom is -0.385 e. The first kappa shape index (κ1) is 13.7. The molecule has 0 spiro atoms. The van der Waals surface area contributed by atoms with Crippen LogP contribution in [0.25, 0.3) is 0 Å². The second kappa shape index (κ2) is 4.28. The number of hydrogen-bond donors (Lipinski definition) is 1. The standard InChI is InChI=1S/C18H24O3/c1-17-8-7-15-13(14(17)4-5-16(17)20)3-2-11-10-12(19)6-9-18(11,15)21/h10,13-15,21H,2-9H2,1H3/t13-,14+,15+,17-,18-/m1/s1. The van der Waals surface area contributed by atoms with E-state index in [0.717, 1.165) is 44.1 Å². The average Bonchev–Trinajstić information content (AvgIpc) is 2.76. The zero-order valence-corrected chi connectivity index (χ0v) is 12.7. The molecule has 21 heavy (non-hydrogen) atoms. The molecule has 4 aliphatic carbocycles. The Balaban J connectivity index is 1.70. The van der Waals surface area contributed by atoms with Gasteiger partial charge in [-0.3, -0.25) is 9.59 Å². The van der Waals surface area contributed by atoms with E-state index in [0.29, 0.717) is 30.5 Å². The Morgan fingerprint density at radius 3 is 2.67 bits per heavy atom. The lowest BCUT2D eigenvalue weighted by molar-refractivity contribution is -0.138. The fraction of sp³-hybridized carbons (Fsp3) is 0.778. The van der Waals surface area contributed by atoms with Crippen molar-refractivity contribution in [3.8, 4) is 0 Å². The highest BCUT2D eigenvalue weighted by Gasteiger charge is 2.59. The molecule has 0 heterocycles. The molecule has 0 aromatic rings. The van der Waals surface area contributed by atoms with Crippen LogP contribution >= 0.6 is 0 Å². The first-order valence-corrected chi connectivity index (χ1v) is 8.45. The summed E-state index contributed by atoms with van der Waals surface area (Å²) in [6.07, 6.45) is 8.25. The lowest BCUT2D eigenvalue weighted by atomic mass is 9.51. The van der Waals surface area contributed by atoms with Crippen LogP contribution in [-0.4, -0.2) is 22.3 Å². The number of hydrogen-bond acceptors (Lipinski definition) is 3. The van der Waals surface area contributed by atoms with Crippen molar-refractivity contribution in [2.45, 2.75) is 63.9 Å². The van der Waals surface area contributed by atoms with Crippen molar-refractivity contribution in [3.05, 3.63) is 11.6 Å². The lowest BCUT2D eigenvalue weighted by Gasteiger charge is -2.55. The Morgan fingerprint density at radius 2 is 1.86 bits per heavy atom. The predicted molar refractivity (Wildman–Crippen MR) is 78.6 cm³/mol. The summed E-state index contributed by atoms with van der Waals surface area (Å²) in [5, 5.41) is 11.3. The zero-order valence-electron chi connectivity index (χ0n) is 12.7. The molecule has 3 nitrogen and oxygen atoms in total. The van der Waals surface area contributed by atoms with Gasteiger partial charge in [-0.15, -0.1) is 0 Å². The van der Waals surface area contributed by atoms with Gasteiger partial charge in [0.15, 0.2) is 5.78 Å². The smallest absolute Gasteiger partial charge is 0.155 e. The number of carbonyl (C=O) groups is 2. The van der Waals surface area contributed by atoms with E-state index in [1.165, 1.54) is 0 Å². The van der Waals surface area contributed by atoms with Gasteiger partial charge in [0.05, 0.1) is 5.60 Å². The molecule has 0 unspecified atom stereocenters. The fourth-order valence-corrected chi connectivity index (χ4v) is 5.95. The summed E-state index contributed by atoms with van der Waals surface area (Å²) in [4.78, 5) is 24.0. The first-order chi connectivity index (χ1) is 9.95. The van der Waals surface area contributed by atoms with Crippen LogP contribution in [0.15, 0.2) is 11.6 Å². The van der Waals surface area contributed by atoms with Crippen molar-refractivity contribution in [1.82, 2.24) is 0 Å². The van der Waals surface area contributed by atoms with Crippen LogP contribution in [0, 0.1) is 23.2 Å². The van der Waals surface area contributed by atoms with Crippen molar-refractivity contribution in [2.75, 3.05) is 0 Å². The SMILES string of the molecule is C[C@@]12CC[C@H]3[C@H](CCC4=CC(=O)CC[C@@]43O)[C@@H]1CCC2=O. The summed E-state index contributed by atoms with van der Waals surface area (Å²) in [6, 6.07) is 0. The largest absolute Gasteiger partial charge is 0.385 e. The molecule has 114 valence electrons. The summed E-state index contributed by atoms with van der Waals surface area (Å²) in [7, 11) is 0. The third-order valence-electron chi connectivity index (χ3n) is 7.15. The molecule has 1 N–H and O–H groups in total. The zero-order chi connectivity index (χ0) is 14.8. The molecule has 0 bridgehead atoms. The van der Waals surface area contributed by atoms with Gasteiger partial charge < -0.3 is 5.11 Å². The molecular weight excluding hydrogens is 264 g/mol. The fourth-order valence-electron chi connectivity index (χ4n) is 5.95. The Kier molecular flexibility index (Phi) is 2.79. The van der Waals surface area contributed by atoms with Gasteiger partial charge >= 0.3 is 0 Å². The first-order valence-electron chi connectivity index (χ1n) is 8.45. The molecule has 3 heteroatoms. The van der Waals surface area contributed by atoms with E-state index in [4.69, 9.17) is 0 Å². The van der Waals surface area contributed by atoms with Gasteiger partial charge in [0.2, 0.25) is 0 Å². The molecule has 0 aromatic heterocycles. The normalized spacial score (nSPS) is 49.2. The van der Waals surface area contributed by atoms with E-state index in [1.807, 2.05) is 0 Å². The molecular formula is C18H24O3. The van der Waals surface area contributed by atoms with Crippen molar-refractivity contribution in [3.63, 3.8) is 0 Å². The van der Waals surface area contributed by atoms with Crippen LogP contribution in [0.5, 0.6) is 0 Å². The number of ketones is 2. The average molecular weight is 288 g/mol. The molecule has 0 aliphatic heterocycles. The third-order valence-corrected chi connectivity index (χ3v) is 7.15. The van der Waals surface area contributed by atoms with Crippen LogP contribution in [0.1, 0.15) is 58.3 Å². The minimum absolute atomic E-state index is 0.136. The van der Waals surface area contributed by atoms with Gasteiger partial charge in [0, 0.05) is 18.3 Å². The van der Waals surface area contributed by atoms with Crippen LogP contribution < -0.4 is 0 Å². The van der Waals surface area contributed by atoms with Crippen molar-refractivity contribution >= 4 is 11.6 Å². The second-order valence-corrected chi connectivity index (χ2v) is 7.89. The van der Waals surface area contributed by atoms with Crippen LogP contribution in [0.4, 0.5) is 0 Å². The highest BCUT2D eigenvalue weighted by atomic mass is 16.3. The maximum absolute atomic E-state index is 12.3. The predicted octanol–water partition coefficient (Wildman–Crippen LogP) is 2.81. The van der Waals surface area contributed by atoms with Crippen LogP contribution in [-0.2, 0) is 9.59 Å². The van der Waals surface area contributed by atoms with E-state index in [1.54, 1.807) is 6.08 Å². The molecule has 3 saturated carbocycles. The van der Waals surface area contributed by atoms with E-state index in [2.05, 4.69) is 6.92 Å². The summed E-state index contributed by atoms with van der Waals surface area (Å²) in [6.45, 7) is 2.16. The monoisotopic (exact) mass is 288 g/mol. The molecule has 3 fully saturated rings. The van der Waals surface area contributed by atoms with Gasteiger partial charge in [-0.25, -0.2) is 0 Å². The molecule has 4 aliphatic rings. The van der Waals surface area contributed by atoms with Gasteiger partial charge in [-0.1, -0.05) is 6.92 Å². The summed E-state index contributed by atoms with van der Waals surface area (Å²) >= 11 is 0. The van der Waals surface area contributed by atoms with E-state index >= 15 is 0 Å². The van der Waals surface area contributed by atoms with Gasteiger partial charge in [-0.2, -0.15) is 0 Å². The quantitative estimate of drug-likeness (QED) is 0.745. The highest BCUT2D eigenvalue weighted by molar-refractivity contribution is 5.92. The Bertz CT molecular complexity index is 549. The minimum atomic E-state index is -0.760. The van der Waals surface area contributed by atoms with E-state index in [-0.39, 0.29) is 17.1 Å². The van der Waals surface area contributed by atoms with E-state index < -0.39 is 5.60 Å². The highest BCUT2D eigenvalue weighted by Crippen LogP contribution is 2.61. The maximum atomic E-state index is 12.3.